The van der Waals surface area contributed by atoms with E-state index >= 15 is 0 Å². The lowest BCUT2D eigenvalue weighted by molar-refractivity contribution is -0.133. The molecule has 1 aromatic carbocycles. The topological polar surface area (TPSA) is 43.8 Å². The summed E-state index contributed by atoms with van der Waals surface area (Å²) in [6.45, 7) is 4.51. The number of amides is 1. The van der Waals surface area contributed by atoms with Gasteiger partial charge in [0.2, 0.25) is 5.91 Å². The van der Waals surface area contributed by atoms with E-state index in [0.29, 0.717) is 12.5 Å². The highest BCUT2D eigenvalue weighted by Gasteiger charge is 2.24. The molecule has 21 heavy (non-hydrogen) atoms. The van der Waals surface area contributed by atoms with E-state index in [1.54, 1.807) is 0 Å². The third-order valence-electron chi connectivity index (χ3n) is 4.48. The Balaban J connectivity index is 1.90. The summed E-state index contributed by atoms with van der Waals surface area (Å²) >= 11 is 0. The van der Waals surface area contributed by atoms with Crippen LogP contribution < -0.4 is 0 Å². The van der Waals surface area contributed by atoms with Gasteiger partial charge in [0, 0.05) is 20.2 Å². The van der Waals surface area contributed by atoms with Crippen LogP contribution in [0.1, 0.15) is 31.4 Å². The molecule has 1 fully saturated rings. The predicted molar refractivity (Wildman–Crippen MR) is 83.9 cm³/mol. The minimum Gasteiger partial charge on any atom is -0.396 e. The molecule has 116 valence electrons. The van der Waals surface area contributed by atoms with Crippen LogP contribution in [0.3, 0.4) is 0 Å². The van der Waals surface area contributed by atoms with Crippen molar-refractivity contribution in [1.82, 2.24) is 9.80 Å². The van der Waals surface area contributed by atoms with Crippen molar-refractivity contribution >= 4 is 5.91 Å². The number of aliphatic hydroxyl groups excluding tert-OH is 1. The van der Waals surface area contributed by atoms with Gasteiger partial charge in [-0.1, -0.05) is 30.3 Å². The zero-order chi connectivity index (χ0) is 15.2. The van der Waals surface area contributed by atoms with Gasteiger partial charge in [0.1, 0.15) is 0 Å². The van der Waals surface area contributed by atoms with Gasteiger partial charge in [0.25, 0.3) is 0 Å². The average molecular weight is 290 g/mol. The van der Waals surface area contributed by atoms with E-state index in [0.717, 1.165) is 31.5 Å². The largest absolute Gasteiger partial charge is 0.396 e. The second kappa shape index (κ2) is 7.57. The van der Waals surface area contributed by atoms with Crippen LogP contribution >= 0.6 is 0 Å². The first-order chi connectivity index (χ1) is 10.1. The van der Waals surface area contributed by atoms with Gasteiger partial charge in [-0.15, -0.1) is 0 Å². The number of hydrogen-bond acceptors (Lipinski definition) is 3. The molecule has 0 spiro atoms. The fourth-order valence-electron chi connectivity index (χ4n) is 2.92. The number of likely N-dealkylation sites (N-methyl/N-ethyl adjacent to an activating group) is 1. The number of hydrogen-bond donors (Lipinski definition) is 1. The normalized spacial score (nSPS) is 21.0. The van der Waals surface area contributed by atoms with Crippen LogP contribution in [0.5, 0.6) is 0 Å². The maximum Gasteiger partial charge on any atom is 0.236 e. The molecule has 0 saturated carbocycles. The second-order valence-electron chi connectivity index (χ2n) is 6.02. The minimum atomic E-state index is 0.0807. The lowest BCUT2D eigenvalue weighted by atomic mass is 9.99. The molecule has 1 aromatic rings. The van der Waals surface area contributed by atoms with E-state index in [9.17, 15) is 9.90 Å². The van der Waals surface area contributed by atoms with Crippen molar-refractivity contribution in [2.45, 2.75) is 25.8 Å². The Morgan fingerprint density at radius 1 is 1.43 bits per heavy atom. The first-order valence-electron chi connectivity index (χ1n) is 7.75. The Bertz CT molecular complexity index is 449. The SMILES string of the molecule is CC(c1ccccc1)N(C)C(=O)CN1CCCC(CO)C1. The van der Waals surface area contributed by atoms with Crippen LogP contribution in [0.2, 0.25) is 0 Å². The summed E-state index contributed by atoms with van der Waals surface area (Å²) in [7, 11) is 1.87. The van der Waals surface area contributed by atoms with Crippen molar-refractivity contribution in [3.05, 3.63) is 35.9 Å². The first-order valence-corrected chi connectivity index (χ1v) is 7.75. The van der Waals surface area contributed by atoms with Crippen molar-refractivity contribution in [1.29, 1.82) is 0 Å². The van der Waals surface area contributed by atoms with E-state index in [2.05, 4.69) is 24.0 Å². The number of aliphatic hydroxyl groups is 1. The number of carbonyl (C=O) groups excluding carboxylic acids is 1. The molecule has 2 rings (SSSR count). The Morgan fingerprint density at radius 3 is 2.81 bits per heavy atom. The Kier molecular flexibility index (Phi) is 5.76. The van der Waals surface area contributed by atoms with Gasteiger partial charge < -0.3 is 10.0 Å². The zero-order valence-corrected chi connectivity index (χ0v) is 13.0. The summed E-state index contributed by atoms with van der Waals surface area (Å²) in [5.41, 5.74) is 1.15. The Hall–Kier alpha value is -1.39. The summed E-state index contributed by atoms with van der Waals surface area (Å²) in [5.74, 6) is 0.466. The fourth-order valence-corrected chi connectivity index (χ4v) is 2.92. The van der Waals surface area contributed by atoms with E-state index in [4.69, 9.17) is 0 Å². The summed E-state index contributed by atoms with van der Waals surface area (Å²) in [6.07, 6.45) is 2.13. The van der Waals surface area contributed by atoms with E-state index in [1.807, 2.05) is 30.1 Å². The molecule has 0 radical (unpaired) electrons. The number of nitrogens with zero attached hydrogens (tertiary/aromatic N) is 2. The Labute approximate surface area is 127 Å². The zero-order valence-electron chi connectivity index (χ0n) is 13.0. The fraction of sp³-hybridized carbons (Fsp3) is 0.588. The van der Waals surface area contributed by atoms with Crippen molar-refractivity contribution in [3.63, 3.8) is 0 Å². The number of likely N-dealkylation sites (tertiary alicyclic amines) is 1. The third-order valence-corrected chi connectivity index (χ3v) is 4.48. The molecule has 1 saturated heterocycles. The van der Waals surface area contributed by atoms with Crippen LogP contribution in [-0.4, -0.2) is 54.1 Å². The van der Waals surface area contributed by atoms with Crippen molar-refractivity contribution in [2.24, 2.45) is 5.92 Å². The van der Waals surface area contributed by atoms with Gasteiger partial charge >= 0.3 is 0 Å². The Morgan fingerprint density at radius 2 is 2.14 bits per heavy atom. The smallest absolute Gasteiger partial charge is 0.236 e. The lowest BCUT2D eigenvalue weighted by Crippen LogP contribution is -2.44. The standard InChI is InChI=1S/C17H26N2O2/c1-14(16-8-4-3-5-9-16)18(2)17(21)12-19-10-6-7-15(11-19)13-20/h3-5,8-9,14-15,20H,6-7,10-13H2,1-2H3. The number of benzene rings is 1. The van der Waals surface area contributed by atoms with Crippen LogP contribution in [0.4, 0.5) is 0 Å². The molecule has 1 N–H and O–H groups in total. The van der Waals surface area contributed by atoms with Crippen LogP contribution in [0.25, 0.3) is 0 Å². The van der Waals surface area contributed by atoms with Crippen molar-refractivity contribution in [2.75, 3.05) is 33.3 Å². The maximum atomic E-state index is 12.4. The molecule has 1 aliphatic heterocycles. The molecule has 1 aliphatic rings. The molecule has 0 bridgehead atoms. The summed E-state index contributed by atoms with van der Waals surface area (Å²) in [5, 5.41) is 9.27. The highest BCUT2D eigenvalue weighted by atomic mass is 16.3. The summed E-state index contributed by atoms with van der Waals surface area (Å²) in [6, 6.07) is 10.2. The number of rotatable bonds is 5. The van der Waals surface area contributed by atoms with Gasteiger partial charge in [-0.3, -0.25) is 9.69 Å². The molecular weight excluding hydrogens is 264 g/mol. The number of piperidine rings is 1. The molecule has 2 atom stereocenters. The monoisotopic (exact) mass is 290 g/mol. The van der Waals surface area contributed by atoms with Crippen LogP contribution in [0, 0.1) is 5.92 Å². The van der Waals surface area contributed by atoms with Gasteiger partial charge in [0.15, 0.2) is 0 Å². The molecule has 1 amide bonds. The molecule has 4 nitrogen and oxygen atoms in total. The summed E-state index contributed by atoms with van der Waals surface area (Å²) in [4.78, 5) is 16.4. The van der Waals surface area contributed by atoms with Gasteiger partial charge in [-0.2, -0.15) is 0 Å². The van der Waals surface area contributed by atoms with Crippen LogP contribution in [0.15, 0.2) is 30.3 Å². The molecule has 0 aromatic heterocycles. The van der Waals surface area contributed by atoms with E-state index in [-0.39, 0.29) is 18.6 Å². The van der Waals surface area contributed by atoms with Gasteiger partial charge in [-0.25, -0.2) is 0 Å². The van der Waals surface area contributed by atoms with Crippen molar-refractivity contribution in [3.8, 4) is 0 Å². The molecule has 1 heterocycles. The van der Waals surface area contributed by atoms with Gasteiger partial charge in [0.05, 0.1) is 12.6 Å². The van der Waals surface area contributed by atoms with E-state index < -0.39 is 0 Å². The predicted octanol–water partition coefficient (Wildman–Crippen LogP) is 1.91. The average Bonchev–Trinajstić information content (AvgIpc) is 2.54. The second-order valence-corrected chi connectivity index (χ2v) is 6.02. The maximum absolute atomic E-state index is 12.4. The third kappa shape index (κ3) is 4.29. The minimum absolute atomic E-state index is 0.0807. The number of carbonyl (C=O) groups is 1. The first kappa shape index (κ1) is 16.0. The molecule has 2 unspecified atom stereocenters. The van der Waals surface area contributed by atoms with E-state index in [1.165, 1.54) is 0 Å². The molecule has 0 aliphatic carbocycles. The van der Waals surface area contributed by atoms with Crippen molar-refractivity contribution < 1.29 is 9.90 Å². The highest BCUT2D eigenvalue weighted by Crippen LogP contribution is 2.20. The summed E-state index contributed by atoms with van der Waals surface area (Å²) < 4.78 is 0. The van der Waals surface area contributed by atoms with Crippen LogP contribution in [-0.2, 0) is 4.79 Å². The molecule has 4 heteroatoms. The quantitative estimate of drug-likeness (QED) is 0.901. The highest BCUT2D eigenvalue weighted by molar-refractivity contribution is 5.78. The molecular formula is C17H26N2O2. The lowest BCUT2D eigenvalue weighted by Gasteiger charge is -2.33. The van der Waals surface area contributed by atoms with Gasteiger partial charge in [-0.05, 0) is 37.8 Å².